The Hall–Kier alpha value is -1.69. The van der Waals surface area contributed by atoms with Crippen LogP contribution >= 0.6 is 0 Å². The molecule has 0 radical (unpaired) electrons. The fourth-order valence-corrected chi connectivity index (χ4v) is 1.65. The van der Waals surface area contributed by atoms with Crippen LogP contribution in [-0.4, -0.2) is 28.3 Å². The molecule has 1 rings (SSSR count). The van der Waals surface area contributed by atoms with E-state index in [0.717, 1.165) is 12.1 Å². The minimum Gasteiger partial charge on any atom is -0.478 e. The second-order valence-electron chi connectivity index (χ2n) is 4.25. The van der Waals surface area contributed by atoms with Crippen molar-refractivity contribution in [3.05, 3.63) is 29.3 Å². The van der Waals surface area contributed by atoms with E-state index in [0.29, 0.717) is 6.42 Å². The number of hydrogen-bond donors (Lipinski definition) is 3. The van der Waals surface area contributed by atoms with E-state index in [1.165, 1.54) is 0 Å². The number of aliphatic hydroxyl groups excluding tert-OH is 1. The largest absolute Gasteiger partial charge is 0.478 e. The third-order valence-corrected chi connectivity index (χ3v) is 2.37. The van der Waals surface area contributed by atoms with Crippen LogP contribution in [0, 0.1) is 11.6 Å². The van der Waals surface area contributed by atoms with Crippen LogP contribution in [0.5, 0.6) is 0 Å². The summed E-state index contributed by atoms with van der Waals surface area (Å²) in [6.07, 6.45) is -0.281. The molecule has 0 spiro atoms. The summed E-state index contributed by atoms with van der Waals surface area (Å²) in [6.45, 7) is 3.23. The van der Waals surface area contributed by atoms with Gasteiger partial charge in [0.05, 0.1) is 11.7 Å². The highest BCUT2D eigenvalue weighted by atomic mass is 19.1. The number of hydrogen-bond acceptors (Lipinski definition) is 3. The van der Waals surface area contributed by atoms with Gasteiger partial charge in [-0.15, -0.1) is 0 Å². The van der Waals surface area contributed by atoms with Crippen LogP contribution in [0.2, 0.25) is 0 Å². The SMILES string of the molecule is CC(O)CC(C)Nc1c(F)cc(C(=O)O)cc1F. The summed E-state index contributed by atoms with van der Waals surface area (Å²) in [5.41, 5.74) is -0.827. The maximum absolute atomic E-state index is 13.5. The van der Waals surface area contributed by atoms with Crippen molar-refractivity contribution in [2.75, 3.05) is 5.32 Å². The summed E-state index contributed by atoms with van der Waals surface area (Å²) in [5.74, 6) is -3.33. The molecule has 2 unspecified atom stereocenters. The zero-order valence-electron chi connectivity index (χ0n) is 10.1. The van der Waals surface area contributed by atoms with E-state index in [1.54, 1.807) is 13.8 Å². The summed E-state index contributed by atoms with van der Waals surface area (Å²) in [6, 6.07) is 1.16. The van der Waals surface area contributed by atoms with Crippen molar-refractivity contribution in [1.82, 2.24) is 0 Å². The van der Waals surface area contributed by atoms with Gasteiger partial charge in [-0.3, -0.25) is 0 Å². The summed E-state index contributed by atoms with van der Waals surface area (Å²) in [5, 5.41) is 20.4. The first-order valence-corrected chi connectivity index (χ1v) is 5.48. The first-order valence-electron chi connectivity index (χ1n) is 5.48. The molecule has 0 bridgehead atoms. The van der Waals surface area contributed by atoms with E-state index in [9.17, 15) is 13.6 Å². The van der Waals surface area contributed by atoms with Gasteiger partial charge in [0.25, 0.3) is 0 Å². The average molecular weight is 259 g/mol. The molecule has 0 heterocycles. The summed E-state index contributed by atoms with van der Waals surface area (Å²) in [4.78, 5) is 10.6. The van der Waals surface area contributed by atoms with E-state index in [1.807, 2.05) is 0 Å². The highest BCUT2D eigenvalue weighted by Gasteiger charge is 2.16. The van der Waals surface area contributed by atoms with Gasteiger partial charge in [-0.2, -0.15) is 0 Å². The van der Waals surface area contributed by atoms with Crippen LogP contribution in [0.15, 0.2) is 12.1 Å². The van der Waals surface area contributed by atoms with Gasteiger partial charge in [0.2, 0.25) is 0 Å². The molecule has 0 aromatic heterocycles. The number of aromatic carboxylic acids is 1. The highest BCUT2D eigenvalue weighted by molar-refractivity contribution is 5.88. The van der Waals surface area contributed by atoms with Gasteiger partial charge >= 0.3 is 5.97 Å². The molecule has 0 fully saturated rings. The predicted molar refractivity (Wildman–Crippen MR) is 62.7 cm³/mol. The molecule has 4 nitrogen and oxygen atoms in total. The molecule has 0 aliphatic carbocycles. The molecule has 0 saturated carbocycles. The van der Waals surface area contributed by atoms with Gasteiger partial charge in [0, 0.05) is 6.04 Å². The van der Waals surface area contributed by atoms with Gasteiger partial charge in [-0.05, 0) is 32.4 Å². The number of carboxylic acid groups (broad SMARTS) is 1. The zero-order chi connectivity index (χ0) is 13.9. The maximum atomic E-state index is 13.5. The molecule has 1 aromatic rings. The number of halogens is 2. The number of carboxylic acids is 1. The Kier molecular flexibility index (Phi) is 4.61. The van der Waals surface area contributed by atoms with Crippen LogP contribution in [0.1, 0.15) is 30.6 Å². The van der Waals surface area contributed by atoms with Crippen molar-refractivity contribution in [3.63, 3.8) is 0 Å². The number of carbonyl (C=O) groups is 1. The molecule has 0 aliphatic heterocycles. The van der Waals surface area contributed by atoms with Crippen molar-refractivity contribution in [3.8, 4) is 0 Å². The topological polar surface area (TPSA) is 69.6 Å². The quantitative estimate of drug-likeness (QED) is 0.758. The van der Waals surface area contributed by atoms with Crippen molar-refractivity contribution in [2.24, 2.45) is 0 Å². The molecule has 2 atom stereocenters. The van der Waals surface area contributed by atoms with E-state index in [2.05, 4.69) is 5.32 Å². The van der Waals surface area contributed by atoms with Crippen molar-refractivity contribution < 1.29 is 23.8 Å². The van der Waals surface area contributed by atoms with Crippen LogP contribution in [0.3, 0.4) is 0 Å². The highest BCUT2D eigenvalue weighted by Crippen LogP contribution is 2.22. The van der Waals surface area contributed by atoms with Crippen LogP contribution in [0.25, 0.3) is 0 Å². The maximum Gasteiger partial charge on any atom is 0.335 e. The van der Waals surface area contributed by atoms with E-state index >= 15 is 0 Å². The lowest BCUT2D eigenvalue weighted by Gasteiger charge is -2.17. The Labute approximate surface area is 103 Å². The second-order valence-corrected chi connectivity index (χ2v) is 4.25. The van der Waals surface area contributed by atoms with Gasteiger partial charge in [-0.25, -0.2) is 13.6 Å². The molecule has 3 N–H and O–H groups in total. The number of aliphatic hydroxyl groups is 1. The zero-order valence-corrected chi connectivity index (χ0v) is 10.1. The van der Waals surface area contributed by atoms with Crippen molar-refractivity contribution in [1.29, 1.82) is 0 Å². The van der Waals surface area contributed by atoms with Gasteiger partial charge < -0.3 is 15.5 Å². The standard InChI is InChI=1S/C12H15F2NO3/c1-6(3-7(2)16)15-11-9(13)4-8(12(17)18)5-10(11)14/h4-7,15-16H,3H2,1-2H3,(H,17,18). The molecule has 0 saturated heterocycles. The van der Waals surface area contributed by atoms with Gasteiger partial charge in [0.15, 0.2) is 0 Å². The fourth-order valence-electron chi connectivity index (χ4n) is 1.65. The summed E-state index contributed by atoms with van der Waals surface area (Å²) in [7, 11) is 0. The molecular formula is C12H15F2NO3. The number of benzene rings is 1. The Balaban J connectivity index is 2.93. The smallest absolute Gasteiger partial charge is 0.335 e. The lowest BCUT2D eigenvalue weighted by molar-refractivity contribution is 0.0696. The van der Waals surface area contributed by atoms with E-state index < -0.39 is 29.3 Å². The molecule has 6 heteroatoms. The predicted octanol–water partition coefficient (Wildman–Crippen LogP) is 2.23. The van der Waals surface area contributed by atoms with E-state index in [4.69, 9.17) is 10.2 Å². The summed E-state index contributed by atoms with van der Waals surface area (Å²) >= 11 is 0. The monoisotopic (exact) mass is 259 g/mol. The number of anilines is 1. The second kappa shape index (κ2) is 5.77. The van der Waals surface area contributed by atoms with Crippen LogP contribution < -0.4 is 5.32 Å². The lowest BCUT2D eigenvalue weighted by atomic mass is 10.1. The first-order chi connectivity index (χ1) is 8.31. The minimum absolute atomic E-state index is 0.319. The van der Waals surface area contributed by atoms with E-state index in [-0.39, 0.29) is 11.7 Å². The fraction of sp³-hybridized carbons (Fsp3) is 0.417. The Morgan fingerprint density at radius 2 is 1.83 bits per heavy atom. The number of rotatable bonds is 5. The Morgan fingerprint density at radius 1 is 1.33 bits per heavy atom. The summed E-state index contributed by atoms with van der Waals surface area (Å²) < 4.78 is 27.1. The van der Waals surface area contributed by atoms with Crippen LogP contribution in [-0.2, 0) is 0 Å². The Morgan fingerprint density at radius 3 is 2.22 bits per heavy atom. The van der Waals surface area contributed by atoms with Gasteiger partial charge in [0.1, 0.15) is 17.3 Å². The van der Waals surface area contributed by atoms with Crippen LogP contribution in [0.4, 0.5) is 14.5 Å². The molecule has 0 amide bonds. The molecule has 18 heavy (non-hydrogen) atoms. The van der Waals surface area contributed by atoms with Crippen molar-refractivity contribution in [2.45, 2.75) is 32.4 Å². The molecule has 0 aliphatic rings. The third-order valence-electron chi connectivity index (χ3n) is 2.37. The van der Waals surface area contributed by atoms with Crippen molar-refractivity contribution >= 4 is 11.7 Å². The molecule has 1 aromatic carbocycles. The third kappa shape index (κ3) is 3.66. The lowest BCUT2D eigenvalue weighted by Crippen LogP contribution is -2.22. The average Bonchev–Trinajstić information content (AvgIpc) is 2.21. The van der Waals surface area contributed by atoms with Gasteiger partial charge in [-0.1, -0.05) is 0 Å². The number of nitrogens with one attached hydrogen (secondary N) is 1. The molecule has 100 valence electrons. The Bertz CT molecular complexity index is 426. The normalized spacial score (nSPS) is 14.1. The minimum atomic E-state index is -1.39. The first kappa shape index (κ1) is 14.4. The molecular weight excluding hydrogens is 244 g/mol.